The first-order valence-electron chi connectivity index (χ1n) is 7.82. The lowest BCUT2D eigenvalue weighted by Crippen LogP contribution is -2.28. The van der Waals surface area contributed by atoms with Crippen LogP contribution in [0.5, 0.6) is 0 Å². The summed E-state index contributed by atoms with van der Waals surface area (Å²) in [6.45, 7) is 0.130. The number of hydrogen-bond donors (Lipinski definition) is 2. The Balaban J connectivity index is 1.75. The molecule has 0 saturated carbocycles. The molecule has 3 N–H and O–H groups in total. The first-order chi connectivity index (χ1) is 12.4. The van der Waals surface area contributed by atoms with Crippen molar-refractivity contribution >= 4 is 40.7 Å². The van der Waals surface area contributed by atoms with Crippen LogP contribution in [0.4, 0.5) is 15.8 Å². The highest BCUT2D eigenvalue weighted by molar-refractivity contribution is 6.31. The molecule has 26 heavy (non-hydrogen) atoms. The summed E-state index contributed by atoms with van der Waals surface area (Å²) < 4.78 is 13.3. The Morgan fingerprint density at radius 2 is 1.96 bits per heavy atom. The normalized spacial score (nSPS) is 16.6. The van der Waals surface area contributed by atoms with Crippen molar-refractivity contribution in [2.45, 2.75) is 6.42 Å². The number of anilines is 2. The van der Waals surface area contributed by atoms with Crippen molar-refractivity contribution in [2.75, 3.05) is 16.8 Å². The Bertz CT molecular complexity index is 903. The number of rotatable bonds is 4. The van der Waals surface area contributed by atoms with Crippen molar-refractivity contribution in [1.82, 2.24) is 0 Å². The van der Waals surface area contributed by atoms with Gasteiger partial charge in [0.15, 0.2) is 0 Å². The van der Waals surface area contributed by atoms with Gasteiger partial charge in [0.2, 0.25) is 11.8 Å². The maximum absolute atomic E-state index is 13.3. The molecule has 134 valence electrons. The van der Waals surface area contributed by atoms with Gasteiger partial charge in [0.25, 0.3) is 5.91 Å². The van der Waals surface area contributed by atoms with Crippen LogP contribution in [0.3, 0.4) is 0 Å². The quantitative estimate of drug-likeness (QED) is 0.860. The monoisotopic (exact) mass is 375 g/mol. The fraction of sp³-hybridized carbons (Fsp3) is 0.167. The molecule has 0 radical (unpaired) electrons. The topological polar surface area (TPSA) is 92.5 Å². The number of nitrogens with zero attached hydrogens (tertiary/aromatic N) is 1. The summed E-state index contributed by atoms with van der Waals surface area (Å²) in [5.74, 6) is -2.53. The van der Waals surface area contributed by atoms with Crippen LogP contribution in [-0.2, 0) is 9.59 Å². The molecule has 1 heterocycles. The van der Waals surface area contributed by atoms with Crippen LogP contribution in [0.1, 0.15) is 16.8 Å². The van der Waals surface area contributed by atoms with Gasteiger partial charge in [-0.05, 0) is 30.3 Å². The zero-order valence-corrected chi connectivity index (χ0v) is 14.3. The summed E-state index contributed by atoms with van der Waals surface area (Å²) in [7, 11) is 0. The van der Waals surface area contributed by atoms with E-state index in [0.717, 1.165) is 0 Å². The molecule has 1 saturated heterocycles. The molecule has 0 bridgehead atoms. The molecule has 3 rings (SSSR count). The average molecular weight is 376 g/mol. The predicted octanol–water partition coefficient (Wildman–Crippen LogP) is 2.57. The number of carbonyl (C=O) groups is 3. The Labute approximate surface area is 153 Å². The minimum absolute atomic E-state index is 0.000429. The van der Waals surface area contributed by atoms with Gasteiger partial charge in [0, 0.05) is 18.7 Å². The van der Waals surface area contributed by atoms with E-state index >= 15 is 0 Å². The van der Waals surface area contributed by atoms with E-state index in [-0.39, 0.29) is 29.5 Å². The molecule has 3 amide bonds. The van der Waals surface area contributed by atoms with E-state index in [0.29, 0.717) is 11.4 Å². The van der Waals surface area contributed by atoms with Crippen LogP contribution >= 0.6 is 11.6 Å². The highest BCUT2D eigenvalue weighted by Gasteiger charge is 2.35. The lowest BCUT2D eigenvalue weighted by atomic mass is 10.1. The van der Waals surface area contributed by atoms with Gasteiger partial charge in [-0.25, -0.2) is 4.39 Å². The fourth-order valence-corrected chi connectivity index (χ4v) is 3.00. The maximum atomic E-state index is 13.3. The van der Waals surface area contributed by atoms with Gasteiger partial charge in [-0.15, -0.1) is 0 Å². The summed E-state index contributed by atoms with van der Waals surface area (Å²) in [5, 5.41) is 2.54. The molecule has 1 aliphatic rings. The summed E-state index contributed by atoms with van der Waals surface area (Å²) in [4.78, 5) is 37.6. The van der Waals surface area contributed by atoms with Crippen molar-refractivity contribution in [2.24, 2.45) is 11.7 Å². The zero-order valence-electron chi connectivity index (χ0n) is 13.5. The van der Waals surface area contributed by atoms with Gasteiger partial charge in [0.05, 0.1) is 22.2 Å². The average Bonchev–Trinajstić information content (AvgIpc) is 2.99. The Morgan fingerprint density at radius 1 is 1.23 bits per heavy atom. The van der Waals surface area contributed by atoms with Crippen LogP contribution < -0.4 is 16.0 Å². The molecule has 6 nitrogen and oxygen atoms in total. The summed E-state index contributed by atoms with van der Waals surface area (Å²) in [6, 6.07) is 10.3. The molecule has 1 fully saturated rings. The SMILES string of the molecule is NC(=O)c1ccccc1NC(=O)[C@@H]1CC(=O)N(c2ccc(F)c(Cl)c2)C1. The van der Waals surface area contributed by atoms with Gasteiger partial charge in [0.1, 0.15) is 5.82 Å². The van der Waals surface area contributed by atoms with E-state index in [1.54, 1.807) is 18.2 Å². The molecular weight excluding hydrogens is 361 g/mol. The lowest BCUT2D eigenvalue weighted by molar-refractivity contribution is -0.122. The van der Waals surface area contributed by atoms with E-state index < -0.39 is 23.5 Å². The van der Waals surface area contributed by atoms with Crippen molar-refractivity contribution < 1.29 is 18.8 Å². The van der Waals surface area contributed by atoms with Crippen LogP contribution in [0, 0.1) is 11.7 Å². The van der Waals surface area contributed by atoms with Gasteiger partial charge in [-0.1, -0.05) is 23.7 Å². The molecule has 8 heteroatoms. The number of amides is 3. The van der Waals surface area contributed by atoms with E-state index in [1.807, 2.05) is 0 Å². The molecule has 1 atom stereocenters. The van der Waals surface area contributed by atoms with Crippen molar-refractivity contribution in [3.63, 3.8) is 0 Å². The van der Waals surface area contributed by atoms with Gasteiger partial charge >= 0.3 is 0 Å². The smallest absolute Gasteiger partial charge is 0.250 e. The lowest BCUT2D eigenvalue weighted by Gasteiger charge is -2.17. The van der Waals surface area contributed by atoms with Gasteiger partial charge in [-0.2, -0.15) is 0 Å². The minimum atomic E-state index is -0.661. The standard InChI is InChI=1S/C18H15ClFN3O3/c19-13-8-11(5-6-14(13)20)23-9-10(7-16(23)24)18(26)22-15-4-2-1-3-12(15)17(21)25/h1-6,8,10H,7,9H2,(H2,21,25)(H,22,26)/t10-/m1/s1. The first kappa shape index (κ1) is 17.9. The summed E-state index contributed by atoms with van der Waals surface area (Å²) in [5.41, 5.74) is 6.20. The highest BCUT2D eigenvalue weighted by atomic mass is 35.5. The molecule has 1 aliphatic heterocycles. The van der Waals surface area contributed by atoms with E-state index in [2.05, 4.69) is 5.32 Å². The second-order valence-corrected chi connectivity index (χ2v) is 6.31. The third kappa shape index (κ3) is 3.52. The number of nitrogens with one attached hydrogen (secondary N) is 1. The first-order valence-corrected chi connectivity index (χ1v) is 8.19. The van der Waals surface area contributed by atoms with Gasteiger partial charge in [-0.3, -0.25) is 14.4 Å². The maximum Gasteiger partial charge on any atom is 0.250 e. The number of halogens is 2. The number of para-hydroxylation sites is 1. The molecule has 2 aromatic rings. The largest absolute Gasteiger partial charge is 0.366 e. The molecule has 0 aromatic heterocycles. The molecule has 0 aliphatic carbocycles. The summed E-state index contributed by atoms with van der Waals surface area (Å²) >= 11 is 5.76. The van der Waals surface area contributed by atoms with Crippen molar-refractivity contribution in [3.8, 4) is 0 Å². The number of benzene rings is 2. The fourth-order valence-electron chi connectivity index (χ4n) is 2.83. The Kier molecular flexibility index (Phi) is 4.90. The van der Waals surface area contributed by atoms with Crippen LogP contribution in [0.2, 0.25) is 5.02 Å². The van der Waals surface area contributed by atoms with E-state index in [1.165, 1.54) is 29.2 Å². The van der Waals surface area contributed by atoms with Crippen LogP contribution in [0.25, 0.3) is 0 Å². The highest BCUT2D eigenvalue weighted by Crippen LogP contribution is 2.29. The number of nitrogens with two attached hydrogens (primary N) is 1. The Morgan fingerprint density at radius 3 is 2.65 bits per heavy atom. The van der Waals surface area contributed by atoms with Crippen LogP contribution in [-0.4, -0.2) is 24.3 Å². The zero-order chi connectivity index (χ0) is 18.8. The number of primary amides is 1. The van der Waals surface area contributed by atoms with E-state index in [9.17, 15) is 18.8 Å². The molecule has 2 aromatic carbocycles. The van der Waals surface area contributed by atoms with Gasteiger partial charge < -0.3 is 16.0 Å². The molecule has 0 unspecified atom stereocenters. The second kappa shape index (κ2) is 7.13. The minimum Gasteiger partial charge on any atom is -0.366 e. The van der Waals surface area contributed by atoms with Crippen molar-refractivity contribution in [1.29, 1.82) is 0 Å². The second-order valence-electron chi connectivity index (χ2n) is 5.90. The Hall–Kier alpha value is -2.93. The third-order valence-electron chi connectivity index (χ3n) is 4.16. The predicted molar refractivity (Wildman–Crippen MR) is 95.5 cm³/mol. The number of carbonyl (C=O) groups excluding carboxylic acids is 3. The van der Waals surface area contributed by atoms with Crippen molar-refractivity contribution in [3.05, 3.63) is 58.9 Å². The summed E-state index contributed by atoms with van der Waals surface area (Å²) in [6.07, 6.45) is -0.000429. The third-order valence-corrected chi connectivity index (χ3v) is 4.45. The van der Waals surface area contributed by atoms with E-state index in [4.69, 9.17) is 17.3 Å². The molecular formula is C18H15ClFN3O3. The molecule has 0 spiro atoms. The number of hydrogen-bond acceptors (Lipinski definition) is 3. The van der Waals surface area contributed by atoms with Crippen LogP contribution in [0.15, 0.2) is 42.5 Å².